The van der Waals surface area contributed by atoms with Crippen LogP contribution in [0.25, 0.3) is 0 Å². The molecular weight excluding hydrogens is 254 g/mol. The number of nitrogens with one attached hydrogen (secondary N) is 1. The van der Waals surface area contributed by atoms with Gasteiger partial charge in [-0.2, -0.15) is 5.10 Å². The van der Waals surface area contributed by atoms with E-state index >= 15 is 0 Å². The van der Waals surface area contributed by atoms with Crippen molar-refractivity contribution in [3.63, 3.8) is 0 Å². The van der Waals surface area contributed by atoms with Gasteiger partial charge in [-0.05, 0) is 32.9 Å². The Hall–Kier alpha value is -2.30. The van der Waals surface area contributed by atoms with E-state index < -0.39 is 6.10 Å². The van der Waals surface area contributed by atoms with Crippen molar-refractivity contribution in [2.45, 2.75) is 26.9 Å². The molecule has 20 heavy (non-hydrogen) atoms. The molecule has 0 fully saturated rings. The minimum Gasteiger partial charge on any atom is -0.481 e. The molecule has 0 aliphatic rings. The fourth-order valence-corrected chi connectivity index (χ4v) is 1.83. The van der Waals surface area contributed by atoms with Crippen molar-refractivity contribution in [2.75, 3.05) is 5.32 Å². The van der Waals surface area contributed by atoms with Crippen LogP contribution >= 0.6 is 0 Å². The zero-order valence-electron chi connectivity index (χ0n) is 12.2. The second-order valence-corrected chi connectivity index (χ2v) is 4.86. The SMILES string of the molecule is Cc1ccc(O[C@H](C)C(=O)Nc2cc(C)nn2C)cc1. The van der Waals surface area contributed by atoms with Crippen molar-refractivity contribution in [3.8, 4) is 5.75 Å². The van der Waals surface area contributed by atoms with Crippen LogP contribution in [-0.4, -0.2) is 21.8 Å². The quantitative estimate of drug-likeness (QED) is 0.931. The van der Waals surface area contributed by atoms with Crippen LogP contribution in [-0.2, 0) is 11.8 Å². The van der Waals surface area contributed by atoms with Crippen LogP contribution in [0.15, 0.2) is 30.3 Å². The normalized spacial score (nSPS) is 12.0. The van der Waals surface area contributed by atoms with E-state index in [0.717, 1.165) is 11.3 Å². The van der Waals surface area contributed by atoms with Crippen molar-refractivity contribution in [3.05, 3.63) is 41.6 Å². The lowest BCUT2D eigenvalue weighted by atomic mass is 10.2. The maximum absolute atomic E-state index is 12.1. The number of rotatable bonds is 4. The van der Waals surface area contributed by atoms with E-state index in [1.54, 1.807) is 18.7 Å². The van der Waals surface area contributed by atoms with Gasteiger partial charge in [0.1, 0.15) is 11.6 Å². The highest BCUT2D eigenvalue weighted by molar-refractivity contribution is 5.93. The van der Waals surface area contributed by atoms with Gasteiger partial charge in [-0.3, -0.25) is 9.48 Å². The average molecular weight is 273 g/mol. The molecule has 0 unspecified atom stereocenters. The van der Waals surface area contributed by atoms with E-state index in [1.165, 1.54) is 0 Å². The van der Waals surface area contributed by atoms with Gasteiger partial charge in [0.25, 0.3) is 5.91 Å². The van der Waals surface area contributed by atoms with Gasteiger partial charge in [0.15, 0.2) is 6.10 Å². The van der Waals surface area contributed by atoms with Crippen molar-refractivity contribution in [1.82, 2.24) is 9.78 Å². The first-order valence-corrected chi connectivity index (χ1v) is 6.50. The molecular formula is C15H19N3O2. The number of hydrogen-bond donors (Lipinski definition) is 1. The van der Waals surface area contributed by atoms with Crippen LogP contribution in [0.5, 0.6) is 5.75 Å². The second-order valence-electron chi connectivity index (χ2n) is 4.86. The topological polar surface area (TPSA) is 56.1 Å². The number of aryl methyl sites for hydroxylation is 3. The number of carbonyl (C=O) groups is 1. The molecule has 0 aliphatic heterocycles. The third-order valence-corrected chi connectivity index (χ3v) is 2.96. The number of hydrogen-bond acceptors (Lipinski definition) is 3. The summed E-state index contributed by atoms with van der Waals surface area (Å²) in [6.07, 6.45) is -0.576. The number of nitrogens with zero attached hydrogens (tertiary/aromatic N) is 2. The van der Waals surface area contributed by atoms with Gasteiger partial charge in [0.05, 0.1) is 5.69 Å². The molecule has 0 saturated carbocycles. The fourth-order valence-electron chi connectivity index (χ4n) is 1.83. The molecule has 1 amide bonds. The lowest BCUT2D eigenvalue weighted by Crippen LogP contribution is -2.30. The summed E-state index contributed by atoms with van der Waals surface area (Å²) in [5, 5.41) is 6.98. The smallest absolute Gasteiger partial charge is 0.266 e. The number of anilines is 1. The molecule has 5 heteroatoms. The van der Waals surface area contributed by atoms with Gasteiger partial charge in [0, 0.05) is 13.1 Å². The molecule has 0 spiro atoms. The number of carbonyl (C=O) groups excluding carboxylic acids is 1. The maximum Gasteiger partial charge on any atom is 0.266 e. The van der Waals surface area contributed by atoms with E-state index in [0.29, 0.717) is 11.6 Å². The van der Waals surface area contributed by atoms with E-state index in [1.807, 2.05) is 44.2 Å². The van der Waals surface area contributed by atoms with Crippen molar-refractivity contribution in [1.29, 1.82) is 0 Å². The second kappa shape index (κ2) is 5.77. The maximum atomic E-state index is 12.1. The Labute approximate surface area is 118 Å². The van der Waals surface area contributed by atoms with Crippen LogP contribution in [0.4, 0.5) is 5.82 Å². The molecule has 1 N–H and O–H groups in total. The predicted octanol–water partition coefficient (Wildman–Crippen LogP) is 2.44. The summed E-state index contributed by atoms with van der Waals surface area (Å²) in [5.41, 5.74) is 2.01. The van der Waals surface area contributed by atoms with Crippen LogP contribution in [0.3, 0.4) is 0 Å². The summed E-state index contributed by atoms with van der Waals surface area (Å²) in [6.45, 7) is 5.60. The predicted molar refractivity (Wildman–Crippen MR) is 77.8 cm³/mol. The number of amides is 1. The molecule has 106 valence electrons. The molecule has 0 saturated heterocycles. The molecule has 0 radical (unpaired) electrons. The Bertz CT molecular complexity index is 602. The molecule has 1 aromatic carbocycles. The molecule has 0 aliphatic carbocycles. The van der Waals surface area contributed by atoms with Gasteiger partial charge in [0.2, 0.25) is 0 Å². The molecule has 2 aromatic rings. The van der Waals surface area contributed by atoms with E-state index in [4.69, 9.17) is 4.74 Å². The summed E-state index contributed by atoms with van der Waals surface area (Å²) < 4.78 is 7.24. The third kappa shape index (κ3) is 3.38. The summed E-state index contributed by atoms with van der Waals surface area (Å²) in [4.78, 5) is 12.1. The average Bonchev–Trinajstić information content (AvgIpc) is 2.70. The number of ether oxygens (including phenoxy) is 1. The number of benzene rings is 1. The Kier molecular flexibility index (Phi) is 4.08. The molecule has 0 bridgehead atoms. The van der Waals surface area contributed by atoms with Crippen molar-refractivity contribution in [2.24, 2.45) is 7.05 Å². The fraction of sp³-hybridized carbons (Fsp3) is 0.333. The van der Waals surface area contributed by atoms with Gasteiger partial charge in [-0.25, -0.2) is 0 Å². The Morgan fingerprint density at radius 1 is 1.30 bits per heavy atom. The highest BCUT2D eigenvalue weighted by Gasteiger charge is 2.16. The van der Waals surface area contributed by atoms with E-state index in [9.17, 15) is 4.79 Å². The van der Waals surface area contributed by atoms with Crippen LogP contribution < -0.4 is 10.1 Å². The minimum atomic E-state index is -0.576. The lowest BCUT2D eigenvalue weighted by Gasteiger charge is -2.14. The lowest BCUT2D eigenvalue weighted by molar-refractivity contribution is -0.122. The minimum absolute atomic E-state index is 0.200. The van der Waals surface area contributed by atoms with Gasteiger partial charge in [-0.15, -0.1) is 0 Å². The van der Waals surface area contributed by atoms with Gasteiger partial charge in [-0.1, -0.05) is 17.7 Å². The van der Waals surface area contributed by atoms with Crippen molar-refractivity contribution < 1.29 is 9.53 Å². The highest BCUT2D eigenvalue weighted by Crippen LogP contribution is 2.14. The van der Waals surface area contributed by atoms with E-state index in [2.05, 4.69) is 10.4 Å². The van der Waals surface area contributed by atoms with Gasteiger partial charge < -0.3 is 10.1 Å². The monoisotopic (exact) mass is 273 g/mol. The summed E-state index contributed by atoms with van der Waals surface area (Å²) in [7, 11) is 1.79. The van der Waals surface area contributed by atoms with Crippen LogP contribution in [0.2, 0.25) is 0 Å². The first-order chi connectivity index (χ1) is 9.45. The van der Waals surface area contributed by atoms with Crippen LogP contribution in [0.1, 0.15) is 18.2 Å². The molecule has 1 atom stereocenters. The summed E-state index contributed by atoms with van der Waals surface area (Å²) >= 11 is 0. The molecule has 5 nitrogen and oxygen atoms in total. The Balaban J connectivity index is 1.98. The van der Waals surface area contributed by atoms with Crippen molar-refractivity contribution >= 4 is 11.7 Å². The Morgan fingerprint density at radius 3 is 2.50 bits per heavy atom. The third-order valence-electron chi connectivity index (χ3n) is 2.96. The van der Waals surface area contributed by atoms with Gasteiger partial charge >= 0.3 is 0 Å². The van der Waals surface area contributed by atoms with Crippen LogP contribution in [0, 0.1) is 13.8 Å². The first-order valence-electron chi connectivity index (χ1n) is 6.50. The zero-order valence-corrected chi connectivity index (χ0v) is 12.2. The largest absolute Gasteiger partial charge is 0.481 e. The number of aromatic nitrogens is 2. The Morgan fingerprint density at radius 2 is 1.95 bits per heavy atom. The molecule has 1 aromatic heterocycles. The highest BCUT2D eigenvalue weighted by atomic mass is 16.5. The zero-order chi connectivity index (χ0) is 14.7. The standard InChI is InChI=1S/C15H19N3O2/c1-10-5-7-13(8-6-10)20-12(3)15(19)16-14-9-11(2)17-18(14)4/h5-9,12H,1-4H3,(H,16,19)/t12-/m1/s1. The van der Waals surface area contributed by atoms with E-state index in [-0.39, 0.29) is 5.91 Å². The summed E-state index contributed by atoms with van der Waals surface area (Å²) in [5.74, 6) is 1.14. The molecule has 1 heterocycles. The summed E-state index contributed by atoms with van der Waals surface area (Å²) in [6, 6.07) is 9.42. The molecule has 2 rings (SSSR count). The first kappa shape index (κ1) is 14.1.